The third kappa shape index (κ3) is 4.63. The molecule has 2 N–H and O–H groups in total. The Morgan fingerprint density at radius 2 is 1.86 bits per heavy atom. The van der Waals surface area contributed by atoms with E-state index < -0.39 is 0 Å². The Morgan fingerprint density at radius 3 is 2.57 bits per heavy atom. The molecule has 0 bridgehead atoms. The van der Waals surface area contributed by atoms with Crippen LogP contribution >= 0.6 is 0 Å². The Bertz CT molecular complexity index is 845. The molecule has 28 heavy (non-hydrogen) atoms. The van der Waals surface area contributed by atoms with Gasteiger partial charge in [-0.15, -0.1) is 0 Å². The fourth-order valence-electron chi connectivity index (χ4n) is 3.33. The van der Waals surface area contributed by atoms with Crippen molar-refractivity contribution in [3.63, 3.8) is 0 Å². The highest BCUT2D eigenvalue weighted by atomic mass is 16.5. The Hall–Kier alpha value is -3.02. The fraction of sp³-hybridized carbons (Fsp3) is 0.364. The molecular formula is C22H27N3O3. The SMILES string of the molecule is CCCNC(=O)c1cc(NC(=O)c2cccc(OC)c2)ccc1N1CCCC1. The molecule has 0 atom stereocenters. The van der Waals surface area contributed by atoms with Crippen molar-refractivity contribution in [2.75, 3.05) is 37.0 Å². The molecule has 3 rings (SSSR count). The number of ether oxygens (including phenoxy) is 1. The zero-order chi connectivity index (χ0) is 19.9. The van der Waals surface area contributed by atoms with E-state index in [-0.39, 0.29) is 11.8 Å². The predicted molar refractivity (Wildman–Crippen MR) is 111 cm³/mol. The lowest BCUT2D eigenvalue weighted by Crippen LogP contribution is -2.28. The van der Waals surface area contributed by atoms with E-state index >= 15 is 0 Å². The minimum Gasteiger partial charge on any atom is -0.497 e. The third-order valence-corrected chi connectivity index (χ3v) is 4.81. The number of amides is 2. The molecule has 6 nitrogen and oxygen atoms in total. The average molecular weight is 381 g/mol. The van der Waals surface area contributed by atoms with E-state index in [1.807, 2.05) is 19.1 Å². The van der Waals surface area contributed by atoms with Crippen LogP contribution in [0, 0.1) is 0 Å². The zero-order valence-corrected chi connectivity index (χ0v) is 16.5. The van der Waals surface area contributed by atoms with Crippen molar-refractivity contribution in [1.29, 1.82) is 0 Å². The Balaban J connectivity index is 1.84. The first-order chi connectivity index (χ1) is 13.6. The van der Waals surface area contributed by atoms with Crippen molar-refractivity contribution >= 4 is 23.2 Å². The molecule has 0 aliphatic carbocycles. The zero-order valence-electron chi connectivity index (χ0n) is 16.5. The number of benzene rings is 2. The maximum Gasteiger partial charge on any atom is 0.255 e. The van der Waals surface area contributed by atoms with Gasteiger partial charge in [0.1, 0.15) is 5.75 Å². The van der Waals surface area contributed by atoms with Crippen LogP contribution < -0.4 is 20.3 Å². The van der Waals surface area contributed by atoms with Crippen molar-refractivity contribution in [3.05, 3.63) is 53.6 Å². The second-order valence-corrected chi connectivity index (χ2v) is 6.87. The summed E-state index contributed by atoms with van der Waals surface area (Å²) in [6.45, 7) is 4.54. The molecule has 2 aromatic carbocycles. The third-order valence-electron chi connectivity index (χ3n) is 4.81. The molecule has 2 aromatic rings. The first-order valence-corrected chi connectivity index (χ1v) is 9.75. The molecule has 1 heterocycles. The summed E-state index contributed by atoms with van der Waals surface area (Å²) in [7, 11) is 1.56. The average Bonchev–Trinajstić information content (AvgIpc) is 3.26. The molecule has 1 aliphatic rings. The number of rotatable bonds is 7. The van der Waals surface area contributed by atoms with E-state index in [4.69, 9.17) is 4.74 Å². The van der Waals surface area contributed by atoms with E-state index in [1.165, 1.54) is 0 Å². The maximum atomic E-state index is 12.7. The Morgan fingerprint density at radius 1 is 1.07 bits per heavy atom. The van der Waals surface area contributed by atoms with E-state index in [9.17, 15) is 9.59 Å². The number of nitrogens with one attached hydrogen (secondary N) is 2. The quantitative estimate of drug-likeness (QED) is 0.767. The molecule has 1 saturated heterocycles. The van der Waals surface area contributed by atoms with Crippen LogP contribution in [-0.4, -0.2) is 38.6 Å². The lowest BCUT2D eigenvalue weighted by Gasteiger charge is -2.22. The summed E-state index contributed by atoms with van der Waals surface area (Å²) < 4.78 is 5.18. The lowest BCUT2D eigenvalue weighted by atomic mass is 10.1. The van der Waals surface area contributed by atoms with Crippen LogP contribution in [0.15, 0.2) is 42.5 Å². The van der Waals surface area contributed by atoms with Crippen LogP contribution in [0.25, 0.3) is 0 Å². The lowest BCUT2D eigenvalue weighted by molar-refractivity contribution is 0.0952. The van der Waals surface area contributed by atoms with Crippen molar-refractivity contribution in [2.24, 2.45) is 0 Å². The van der Waals surface area contributed by atoms with Gasteiger partial charge in [-0.1, -0.05) is 13.0 Å². The van der Waals surface area contributed by atoms with Gasteiger partial charge in [-0.3, -0.25) is 9.59 Å². The summed E-state index contributed by atoms with van der Waals surface area (Å²) in [4.78, 5) is 27.5. The number of hydrogen-bond acceptors (Lipinski definition) is 4. The highest BCUT2D eigenvalue weighted by Gasteiger charge is 2.20. The van der Waals surface area contributed by atoms with Gasteiger partial charge in [0.2, 0.25) is 0 Å². The van der Waals surface area contributed by atoms with Crippen molar-refractivity contribution in [1.82, 2.24) is 5.32 Å². The molecule has 0 radical (unpaired) electrons. The predicted octanol–water partition coefficient (Wildman–Crippen LogP) is 3.69. The molecule has 1 fully saturated rings. The normalized spacial score (nSPS) is 13.3. The van der Waals surface area contributed by atoms with Gasteiger partial charge in [-0.2, -0.15) is 0 Å². The smallest absolute Gasteiger partial charge is 0.255 e. The van der Waals surface area contributed by atoms with Gasteiger partial charge < -0.3 is 20.3 Å². The van der Waals surface area contributed by atoms with Crippen LogP contribution in [0.4, 0.5) is 11.4 Å². The molecule has 0 unspecified atom stereocenters. The van der Waals surface area contributed by atoms with Gasteiger partial charge in [0.15, 0.2) is 0 Å². The second-order valence-electron chi connectivity index (χ2n) is 6.87. The molecule has 1 aliphatic heterocycles. The Kier molecular flexibility index (Phi) is 6.53. The minimum atomic E-state index is -0.243. The number of hydrogen-bond donors (Lipinski definition) is 2. The number of anilines is 2. The maximum absolute atomic E-state index is 12.7. The van der Waals surface area contributed by atoms with Gasteiger partial charge in [0, 0.05) is 36.6 Å². The molecular weight excluding hydrogens is 354 g/mol. The van der Waals surface area contributed by atoms with Crippen LogP contribution in [0.1, 0.15) is 46.9 Å². The summed E-state index contributed by atoms with van der Waals surface area (Å²) in [6.07, 6.45) is 3.13. The van der Waals surface area contributed by atoms with Gasteiger partial charge in [0.25, 0.3) is 11.8 Å². The van der Waals surface area contributed by atoms with E-state index in [2.05, 4.69) is 15.5 Å². The first-order valence-electron chi connectivity index (χ1n) is 9.75. The molecule has 148 valence electrons. The monoisotopic (exact) mass is 381 g/mol. The number of nitrogens with zero attached hydrogens (tertiary/aromatic N) is 1. The largest absolute Gasteiger partial charge is 0.497 e. The van der Waals surface area contributed by atoms with Crippen molar-refractivity contribution < 1.29 is 14.3 Å². The summed E-state index contributed by atoms with van der Waals surface area (Å²) in [6, 6.07) is 12.5. The number of carbonyl (C=O) groups is 2. The van der Waals surface area contributed by atoms with E-state index in [1.54, 1.807) is 37.4 Å². The molecule has 0 aromatic heterocycles. The van der Waals surface area contributed by atoms with E-state index in [0.29, 0.717) is 29.1 Å². The highest BCUT2D eigenvalue weighted by molar-refractivity contribution is 6.06. The molecule has 6 heteroatoms. The van der Waals surface area contributed by atoms with Gasteiger partial charge in [-0.25, -0.2) is 0 Å². The van der Waals surface area contributed by atoms with Crippen LogP contribution in [0.5, 0.6) is 5.75 Å². The van der Waals surface area contributed by atoms with Crippen molar-refractivity contribution in [2.45, 2.75) is 26.2 Å². The Labute approximate surface area is 165 Å². The highest BCUT2D eigenvalue weighted by Crippen LogP contribution is 2.28. The molecule has 0 spiro atoms. The molecule has 0 saturated carbocycles. The minimum absolute atomic E-state index is 0.110. The van der Waals surface area contributed by atoms with Crippen LogP contribution in [0.2, 0.25) is 0 Å². The summed E-state index contributed by atoms with van der Waals surface area (Å²) in [5, 5.41) is 5.83. The van der Waals surface area contributed by atoms with Crippen LogP contribution in [-0.2, 0) is 0 Å². The number of methoxy groups -OCH3 is 1. The van der Waals surface area contributed by atoms with Gasteiger partial charge >= 0.3 is 0 Å². The first kappa shape index (κ1) is 19.7. The topological polar surface area (TPSA) is 70.7 Å². The van der Waals surface area contributed by atoms with Crippen LogP contribution in [0.3, 0.4) is 0 Å². The summed E-state index contributed by atoms with van der Waals surface area (Å²) >= 11 is 0. The van der Waals surface area contributed by atoms with Crippen molar-refractivity contribution in [3.8, 4) is 5.75 Å². The van der Waals surface area contributed by atoms with Gasteiger partial charge in [-0.05, 0) is 55.7 Å². The summed E-state index contributed by atoms with van der Waals surface area (Å²) in [5.41, 5.74) is 2.61. The second kappa shape index (κ2) is 9.26. The fourth-order valence-corrected chi connectivity index (χ4v) is 3.33. The summed E-state index contributed by atoms with van der Waals surface area (Å²) in [5.74, 6) is 0.269. The molecule has 2 amide bonds. The standard InChI is InChI=1S/C22H27N3O3/c1-3-11-23-22(27)19-15-17(9-10-20(19)25-12-4-5-13-25)24-21(26)16-7-6-8-18(14-16)28-2/h6-10,14-15H,3-5,11-13H2,1-2H3,(H,23,27)(H,24,26). The van der Waals surface area contributed by atoms with E-state index in [0.717, 1.165) is 38.0 Å². The van der Waals surface area contributed by atoms with Gasteiger partial charge in [0.05, 0.1) is 12.7 Å². The number of carbonyl (C=O) groups excluding carboxylic acids is 2.